The van der Waals surface area contributed by atoms with E-state index in [0.29, 0.717) is 0 Å². The van der Waals surface area contributed by atoms with E-state index in [1.807, 2.05) is 23.5 Å². The predicted octanol–water partition coefficient (Wildman–Crippen LogP) is 2.49. The van der Waals surface area contributed by atoms with Gasteiger partial charge in [-0.2, -0.15) is 23.5 Å². The van der Waals surface area contributed by atoms with Crippen LogP contribution in [0.5, 0.6) is 0 Å². The van der Waals surface area contributed by atoms with Gasteiger partial charge in [0.25, 0.3) is 0 Å². The fourth-order valence-corrected chi connectivity index (χ4v) is 1.82. The van der Waals surface area contributed by atoms with Gasteiger partial charge in [-0.25, -0.2) is 0 Å². The van der Waals surface area contributed by atoms with Crippen molar-refractivity contribution in [2.24, 2.45) is 0 Å². The van der Waals surface area contributed by atoms with Crippen LogP contribution < -0.4 is 0 Å². The van der Waals surface area contributed by atoms with Crippen molar-refractivity contribution in [1.82, 2.24) is 0 Å². The molecule has 0 saturated heterocycles. The molecular formula is C6H14S2. The van der Waals surface area contributed by atoms with Crippen LogP contribution in [0.3, 0.4) is 0 Å². The van der Waals surface area contributed by atoms with Crippen molar-refractivity contribution >= 4 is 23.5 Å². The molecule has 0 unspecified atom stereocenters. The lowest BCUT2D eigenvalue weighted by Crippen LogP contribution is -2.10. The van der Waals surface area contributed by atoms with E-state index in [1.54, 1.807) is 0 Å². The summed E-state index contributed by atoms with van der Waals surface area (Å²) in [7, 11) is 0. The van der Waals surface area contributed by atoms with E-state index in [1.165, 1.54) is 0 Å². The quantitative estimate of drug-likeness (QED) is 0.606. The van der Waals surface area contributed by atoms with Crippen molar-refractivity contribution in [3.63, 3.8) is 0 Å². The number of hydrogen-bond acceptors (Lipinski definition) is 2. The summed E-state index contributed by atoms with van der Waals surface area (Å²) in [5.74, 6) is 0. The fraction of sp³-hybridized carbons (Fsp3) is 1.00. The minimum absolute atomic E-state index is 0.796. The normalized spacial score (nSPS) is 18.0. The average molecular weight is 150 g/mol. The van der Waals surface area contributed by atoms with Gasteiger partial charge in [0.05, 0.1) is 0 Å². The van der Waals surface area contributed by atoms with Crippen molar-refractivity contribution in [2.75, 3.05) is 12.5 Å². The molecular weight excluding hydrogens is 136 g/mol. The van der Waals surface area contributed by atoms with E-state index in [0.717, 1.165) is 10.5 Å². The Labute approximate surface area is 60.8 Å². The van der Waals surface area contributed by atoms with Gasteiger partial charge in [-0.15, -0.1) is 0 Å². The minimum atomic E-state index is 0.796. The zero-order chi connectivity index (χ0) is 6.57. The largest absolute Gasteiger partial charge is 0.161 e. The van der Waals surface area contributed by atoms with Crippen LogP contribution in [0.4, 0.5) is 0 Å². The molecule has 0 fully saturated rings. The lowest BCUT2D eigenvalue weighted by Gasteiger charge is -2.13. The molecule has 0 aromatic heterocycles. The SMILES string of the molecule is CS[C@@H](C)[C@H](C)SC. The second kappa shape index (κ2) is 4.57. The van der Waals surface area contributed by atoms with E-state index in [4.69, 9.17) is 0 Å². The molecule has 0 amide bonds. The first-order valence-electron chi connectivity index (χ1n) is 2.78. The van der Waals surface area contributed by atoms with Crippen molar-refractivity contribution in [2.45, 2.75) is 24.3 Å². The maximum absolute atomic E-state index is 2.27. The zero-order valence-corrected chi connectivity index (χ0v) is 7.60. The highest BCUT2D eigenvalue weighted by Crippen LogP contribution is 2.19. The molecule has 0 bridgehead atoms. The third kappa shape index (κ3) is 2.88. The molecule has 0 heterocycles. The molecule has 0 aliphatic carbocycles. The molecule has 50 valence electrons. The first-order valence-corrected chi connectivity index (χ1v) is 5.35. The fourth-order valence-electron chi connectivity index (χ4n) is 0.383. The van der Waals surface area contributed by atoms with Gasteiger partial charge < -0.3 is 0 Å². The molecule has 2 heteroatoms. The van der Waals surface area contributed by atoms with Crippen LogP contribution in [0.15, 0.2) is 0 Å². The lowest BCUT2D eigenvalue weighted by molar-refractivity contribution is 0.932. The van der Waals surface area contributed by atoms with Gasteiger partial charge in [-0.1, -0.05) is 13.8 Å². The molecule has 0 N–H and O–H groups in total. The Bertz CT molecular complexity index is 46.5. The van der Waals surface area contributed by atoms with Crippen LogP contribution in [0.25, 0.3) is 0 Å². The molecule has 0 rings (SSSR count). The Morgan fingerprint density at radius 1 is 0.875 bits per heavy atom. The molecule has 0 aromatic carbocycles. The van der Waals surface area contributed by atoms with E-state index in [2.05, 4.69) is 26.4 Å². The maximum atomic E-state index is 2.27. The molecule has 0 nitrogen and oxygen atoms in total. The van der Waals surface area contributed by atoms with Gasteiger partial charge in [-0.05, 0) is 12.5 Å². The van der Waals surface area contributed by atoms with E-state index < -0.39 is 0 Å². The molecule has 0 radical (unpaired) electrons. The van der Waals surface area contributed by atoms with Crippen LogP contribution in [0.1, 0.15) is 13.8 Å². The highest BCUT2D eigenvalue weighted by atomic mass is 32.2. The van der Waals surface area contributed by atoms with Gasteiger partial charge in [0, 0.05) is 10.5 Å². The summed E-state index contributed by atoms with van der Waals surface area (Å²) < 4.78 is 0. The summed E-state index contributed by atoms with van der Waals surface area (Å²) in [5.41, 5.74) is 0. The van der Waals surface area contributed by atoms with Crippen molar-refractivity contribution < 1.29 is 0 Å². The second-order valence-electron chi connectivity index (χ2n) is 1.88. The maximum Gasteiger partial charge on any atom is 0.0132 e. The van der Waals surface area contributed by atoms with Gasteiger partial charge in [0.2, 0.25) is 0 Å². The summed E-state index contributed by atoms with van der Waals surface area (Å²) in [6.07, 6.45) is 4.33. The zero-order valence-electron chi connectivity index (χ0n) is 5.97. The van der Waals surface area contributed by atoms with Gasteiger partial charge >= 0.3 is 0 Å². The summed E-state index contributed by atoms with van der Waals surface area (Å²) in [6, 6.07) is 0. The lowest BCUT2D eigenvalue weighted by atomic mass is 10.4. The Kier molecular flexibility index (Phi) is 4.97. The number of thioether (sulfide) groups is 2. The first kappa shape index (κ1) is 8.70. The van der Waals surface area contributed by atoms with E-state index >= 15 is 0 Å². The molecule has 0 aliphatic rings. The monoisotopic (exact) mass is 150 g/mol. The Hall–Kier alpha value is 0.700. The average Bonchev–Trinajstić information content (AvgIpc) is 1.84. The summed E-state index contributed by atoms with van der Waals surface area (Å²) in [4.78, 5) is 0. The van der Waals surface area contributed by atoms with Crippen molar-refractivity contribution in [3.05, 3.63) is 0 Å². The topological polar surface area (TPSA) is 0 Å². The molecule has 8 heavy (non-hydrogen) atoms. The Morgan fingerprint density at radius 2 is 1.12 bits per heavy atom. The van der Waals surface area contributed by atoms with Crippen molar-refractivity contribution in [3.8, 4) is 0 Å². The summed E-state index contributed by atoms with van der Waals surface area (Å²) in [5, 5.41) is 1.59. The third-order valence-corrected chi connectivity index (χ3v) is 3.88. The minimum Gasteiger partial charge on any atom is -0.161 e. The number of rotatable bonds is 3. The van der Waals surface area contributed by atoms with Gasteiger partial charge in [0.1, 0.15) is 0 Å². The predicted molar refractivity (Wildman–Crippen MR) is 46.0 cm³/mol. The van der Waals surface area contributed by atoms with Gasteiger partial charge in [0.15, 0.2) is 0 Å². The van der Waals surface area contributed by atoms with E-state index in [-0.39, 0.29) is 0 Å². The van der Waals surface area contributed by atoms with Crippen LogP contribution >= 0.6 is 23.5 Å². The third-order valence-electron chi connectivity index (χ3n) is 1.40. The van der Waals surface area contributed by atoms with Crippen LogP contribution in [-0.4, -0.2) is 23.0 Å². The smallest absolute Gasteiger partial charge is 0.0132 e. The highest BCUT2D eigenvalue weighted by Gasteiger charge is 2.06. The first-order chi connectivity index (χ1) is 3.72. The molecule has 0 spiro atoms. The molecule has 0 saturated carbocycles. The Morgan fingerprint density at radius 3 is 1.25 bits per heavy atom. The standard InChI is InChI=1S/C6H14S2/c1-5(7-3)6(2)8-4/h5-6H,1-4H3/t5-,6-/m0/s1. The second-order valence-corrected chi connectivity index (χ2v) is 4.31. The van der Waals surface area contributed by atoms with Gasteiger partial charge in [-0.3, -0.25) is 0 Å². The summed E-state index contributed by atoms with van der Waals surface area (Å²) in [6.45, 7) is 4.54. The Balaban J connectivity index is 3.29. The molecule has 2 atom stereocenters. The number of hydrogen-bond donors (Lipinski definition) is 0. The van der Waals surface area contributed by atoms with Crippen LogP contribution in [-0.2, 0) is 0 Å². The molecule has 0 aromatic rings. The molecule has 0 aliphatic heterocycles. The van der Waals surface area contributed by atoms with Crippen LogP contribution in [0, 0.1) is 0 Å². The summed E-state index contributed by atoms with van der Waals surface area (Å²) >= 11 is 3.87. The van der Waals surface area contributed by atoms with E-state index in [9.17, 15) is 0 Å². The van der Waals surface area contributed by atoms with Crippen molar-refractivity contribution in [1.29, 1.82) is 0 Å². The highest BCUT2D eigenvalue weighted by molar-refractivity contribution is 8.03. The van der Waals surface area contributed by atoms with Crippen LogP contribution in [0.2, 0.25) is 0 Å².